The number of hydrogen-bond acceptors (Lipinski definition) is 6. The van der Waals surface area contributed by atoms with E-state index >= 15 is 0 Å². The van der Waals surface area contributed by atoms with Crippen LogP contribution in [0.15, 0.2) is 53.3 Å². The second kappa shape index (κ2) is 11.3. The molecule has 1 aromatic heterocycles. The number of aryl methyl sites for hydroxylation is 1. The molecule has 3 aromatic rings. The third-order valence-corrected chi connectivity index (χ3v) is 5.35. The Balaban J connectivity index is 1.77. The minimum Gasteiger partial charge on any atom is -0.493 e. The Labute approximate surface area is 192 Å². The van der Waals surface area contributed by atoms with Crippen LogP contribution in [0, 0.1) is 6.92 Å². The van der Waals surface area contributed by atoms with E-state index in [1.54, 1.807) is 21.1 Å². The number of ether oxygens (including phenoxy) is 2. The lowest BCUT2D eigenvalue weighted by molar-refractivity contribution is -0.121. The van der Waals surface area contributed by atoms with E-state index in [1.807, 2.05) is 48.5 Å². The summed E-state index contributed by atoms with van der Waals surface area (Å²) in [5.74, 6) is 1.40. The zero-order valence-electron chi connectivity index (χ0n) is 19.1. The first-order valence-electron chi connectivity index (χ1n) is 10.7. The molecule has 8 nitrogen and oxygen atoms in total. The lowest BCUT2D eigenvalue weighted by atomic mass is 10.1. The molecule has 174 valence electrons. The first-order chi connectivity index (χ1) is 16.0. The number of aliphatic hydroxyl groups excluding tert-OH is 1. The van der Waals surface area contributed by atoms with Crippen molar-refractivity contribution in [3.63, 3.8) is 0 Å². The van der Waals surface area contributed by atoms with Crippen LogP contribution in [0.1, 0.15) is 16.8 Å². The lowest BCUT2D eigenvalue weighted by Gasteiger charge is -2.16. The maximum Gasteiger partial charge on any atom is 0.257 e. The monoisotopic (exact) mass is 451 g/mol. The number of amides is 1. The van der Waals surface area contributed by atoms with Crippen LogP contribution in [0.2, 0.25) is 0 Å². The van der Waals surface area contributed by atoms with Gasteiger partial charge in [0.05, 0.1) is 14.2 Å². The number of carbonyl (C=O) groups excluding carboxylic acids is 1. The van der Waals surface area contributed by atoms with Crippen LogP contribution < -0.4 is 20.3 Å². The summed E-state index contributed by atoms with van der Waals surface area (Å²) in [5.41, 5.74) is 2.38. The summed E-state index contributed by atoms with van der Waals surface area (Å²) in [4.78, 5) is 30.5. The maximum atomic E-state index is 13.1. The van der Waals surface area contributed by atoms with E-state index in [9.17, 15) is 14.7 Å². The highest BCUT2D eigenvalue weighted by Gasteiger charge is 2.17. The fourth-order valence-electron chi connectivity index (χ4n) is 3.64. The van der Waals surface area contributed by atoms with E-state index in [0.717, 1.165) is 11.1 Å². The van der Waals surface area contributed by atoms with E-state index in [-0.39, 0.29) is 31.0 Å². The number of aromatic nitrogens is 2. The standard InChI is InChI=1S/C25H29N3O5/c1-17-20(12-14-29)25(31)28(24(27-17)19-7-5-4-6-8-19)16-23(30)26-13-11-18-9-10-21(32-2)22(15-18)33-3/h4-10,15,29H,11-14,16H2,1-3H3,(H,26,30). The number of rotatable bonds is 10. The predicted octanol–water partition coefficient (Wildman–Crippen LogP) is 2.13. The molecular formula is C25H29N3O5. The number of aliphatic hydroxyl groups is 1. The quantitative estimate of drug-likeness (QED) is 0.490. The molecule has 1 heterocycles. The number of nitrogens with one attached hydrogen (secondary N) is 1. The molecule has 0 saturated heterocycles. The zero-order valence-corrected chi connectivity index (χ0v) is 19.1. The summed E-state index contributed by atoms with van der Waals surface area (Å²) in [6, 6.07) is 14.9. The van der Waals surface area contributed by atoms with Gasteiger partial charge >= 0.3 is 0 Å². The van der Waals surface area contributed by atoms with Crippen LogP contribution in [-0.2, 0) is 24.2 Å². The van der Waals surface area contributed by atoms with Crippen LogP contribution in [0.3, 0.4) is 0 Å². The molecule has 0 aliphatic carbocycles. The Morgan fingerprint density at radius 2 is 1.79 bits per heavy atom. The zero-order chi connectivity index (χ0) is 23.8. The number of benzene rings is 2. The second-order valence-corrected chi connectivity index (χ2v) is 7.52. The van der Waals surface area contributed by atoms with Gasteiger partial charge < -0.3 is 19.9 Å². The molecule has 2 N–H and O–H groups in total. The van der Waals surface area contributed by atoms with Crippen molar-refractivity contribution in [2.75, 3.05) is 27.4 Å². The summed E-state index contributed by atoms with van der Waals surface area (Å²) in [7, 11) is 3.15. The summed E-state index contributed by atoms with van der Waals surface area (Å²) >= 11 is 0. The normalized spacial score (nSPS) is 10.7. The second-order valence-electron chi connectivity index (χ2n) is 7.52. The van der Waals surface area contributed by atoms with E-state index in [4.69, 9.17) is 9.47 Å². The molecule has 0 radical (unpaired) electrons. The SMILES string of the molecule is COc1ccc(CCNC(=O)Cn2c(-c3ccccc3)nc(C)c(CCO)c2=O)cc1OC. The van der Waals surface area contributed by atoms with Crippen LogP contribution in [0.5, 0.6) is 11.5 Å². The molecule has 8 heteroatoms. The summed E-state index contributed by atoms with van der Waals surface area (Å²) in [6.45, 7) is 1.81. The van der Waals surface area contributed by atoms with Gasteiger partial charge in [-0.1, -0.05) is 36.4 Å². The van der Waals surface area contributed by atoms with Crippen molar-refractivity contribution in [3.05, 3.63) is 75.7 Å². The third-order valence-electron chi connectivity index (χ3n) is 5.35. The maximum absolute atomic E-state index is 13.1. The summed E-state index contributed by atoms with van der Waals surface area (Å²) in [5, 5.41) is 12.2. The molecule has 1 amide bonds. The van der Waals surface area contributed by atoms with Crippen molar-refractivity contribution in [1.29, 1.82) is 0 Å². The van der Waals surface area contributed by atoms with Crippen molar-refractivity contribution in [3.8, 4) is 22.9 Å². The van der Waals surface area contributed by atoms with Gasteiger partial charge in [-0.15, -0.1) is 0 Å². The van der Waals surface area contributed by atoms with Gasteiger partial charge in [0, 0.05) is 36.4 Å². The predicted molar refractivity (Wildman–Crippen MR) is 126 cm³/mol. The van der Waals surface area contributed by atoms with Gasteiger partial charge in [0.15, 0.2) is 11.5 Å². The number of methoxy groups -OCH3 is 2. The summed E-state index contributed by atoms with van der Waals surface area (Å²) in [6.07, 6.45) is 0.780. The average Bonchev–Trinajstić information content (AvgIpc) is 2.83. The van der Waals surface area contributed by atoms with Crippen molar-refractivity contribution in [1.82, 2.24) is 14.9 Å². The number of carbonyl (C=O) groups is 1. The molecule has 0 aliphatic rings. The molecule has 3 rings (SSSR count). The molecule has 2 aromatic carbocycles. The Hall–Kier alpha value is -3.65. The number of nitrogens with zero attached hydrogens (tertiary/aromatic N) is 2. The fourth-order valence-corrected chi connectivity index (χ4v) is 3.64. The summed E-state index contributed by atoms with van der Waals surface area (Å²) < 4.78 is 11.9. The van der Waals surface area contributed by atoms with E-state index < -0.39 is 0 Å². The molecule has 33 heavy (non-hydrogen) atoms. The molecule has 0 fully saturated rings. The van der Waals surface area contributed by atoms with E-state index in [0.29, 0.717) is 41.5 Å². The molecule has 0 bridgehead atoms. The van der Waals surface area contributed by atoms with Gasteiger partial charge in [-0.3, -0.25) is 14.2 Å². The van der Waals surface area contributed by atoms with E-state index in [1.165, 1.54) is 4.57 Å². The van der Waals surface area contributed by atoms with E-state index in [2.05, 4.69) is 10.3 Å². The van der Waals surface area contributed by atoms with Gasteiger partial charge in [0.2, 0.25) is 5.91 Å². The van der Waals surface area contributed by atoms with Gasteiger partial charge in [0.25, 0.3) is 5.56 Å². The molecule has 0 spiro atoms. The first kappa shape index (κ1) is 24.0. The van der Waals surface area contributed by atoms with Crippen LogP contribution in [-0.4, -0.2) is 47.9 Å². The molecule has 0 aliphatic heterocycles. The van der Waals surface area contributed by atoms with Crippen LogP contribution in [0.25, 0.3) is 11.4 Å². The molecule has 0 atom stereocenters. The highest BCUT2D eigenvalue weighted by molar-refractivity contribution is 5.76. The van der Waals surface area contributed by atoms with Gasteiger partial charge in [0.1, 0.15) is 12.4 Å². The Morgan fingerprint density at radius 3 is 2.45 bits per heavy atom. The van der Waals surface area contributed by atoms with Crippen LogP contribution in [0.4, 0.5) is 0 Å². The van der Waals surface area contributed by atoms with Crippen molar-refractivity contribution < 1.29 is 19.4 Å². The van der Waals surface area contributed by atoms with Gasteiger partial charge in [-0.25, -0.2) is 4.98 Å². The third kappa shape index (κ3) is 5.78. The van der Waals surface area contributed by atoms with Crippen molar-refractivity contribution in [2.45, 2.75) is 26.3 Å². The highest BCUT2D eigenvalue weighted by Crippen LogP contribution is 2.27. The lowest BCUT2D eigenvalue weighted by Crippen LogP contribution is -2.36. The minimum atomic E-state index is -0.314. The largest absolute Gasteiger partial charge is 0.493 e. The minimum absolute atomic E-state index is 0.166. The van der Waals surface area contributed by atoms with Crippen molar-refractivity contribution >= 4 is 5.91 Å². The highest BCUT2D eigenvalue weighted by atomic mass is 16.5. The van der Waals surface area contributed by atoms with Gasteiger partial charge in [-0.05, 0) is 31.0 Å². The van der Waals surface area contributed by atoms with Crippen molar-refractivity contribution in [2.24, 2.45) is 0 Å². The smallest absolute Gasteiger partial charge is 0.257 e. The number of hydrogen-bond donors (Lipinski definition) is 2. The topological polar surface area (TPSA) is 103 Å². The molecular weight excluding hydrogens is 422 g/mol. The molecule has 0 unspecified atom stereocenters. The fraction of sp³-hybridized carbons (Fsp3) is 0.320. The van der Waals surface area contributed by atoms with Gasteiger partial charge in [-0.2, -0.15) is 0 Å². The Kier molecular flexibility index (Phi) is 8.21. The molecule has 0 saturated carbocycles. The first-order valence-corrected chi connectivity index (χ1v) is 10.7. The average molecular weight is 452 g/mol. The Bertz CT molecular complexity index is 1160. The Morgan fingerprint density at radius 1 is 1.06 bits per heavy atom. The van der Waals surface area contributed by atoms with Crippen LogP contribution >= 0.6 is 0 Å².